The van der Waals surface area contributed by atoms with Crippen molar-refractivity contribution in [3.05, 3.63) is 29.8 Å². The van der Waals surface area contributed by atoms with Gasteiger partial charge in [-0.05, 0) is 31.8 Å². The normalized spacial score (nSPS) is 12.3. The average Bonchev–Trinajstić information content (AvgIpc) is 2.44. The Morgan fingerprint density at radius 3 is 2.17 bits per heavy atom. The molecule has 8 heteroatoms. The van der Waals surface area contributed by atoms with Crippen molar-refractivity contribution >= 4 is 24.6 Å². The summed E-state index contributed by atoms with van der Waals surface area (Å²) in [6.07, 6.45) is -0.400. The molecule has 1 atom stereocenters. The predicted molar refractivity (Wildman–Crippen MR) is 91.8 cm³/mol. The van der Waals surface area contributed by atoms with Gasteiger partial charge < -0.3 is 25.0 Å². The monoisotopic (exact) mass is 336 g/mol. The fraction of sp³-hybridized carbons (Fsp3) is 0.500. The molecular formula is C16H25BN2O5. The number of amides is 2. The van der Waals surface area contributed by atoms with Crippen molar-refractivity contribution in [3.8, 4) is 0 Å². The van der Waals surface area contributed by atoms with Crippen LogP contribution in [0.15, 0.2) is 24.3 Å². The van der Waals surface area contributed by atoms with E-state index in [0.717, 1.165) is 5.56 Å². The van der Waals surface area contributed by atoms with Gasteiger partial charge in [-0.3, -0.25) is 4.79 Å². The largest absolute Gasteiger partial charge is 0.488 e. The first-order valence-electron chi connectivity index (χ1n) is 7.65. The molecule has 1 aromatic rings. The lowest BCUT2D eigenvalue weighted by atomic mass is 9.80. The molecule has 1 rings (SSSR count). The number of hydrogen-bond donors (Lipinski definition) is 3. The second kappa shape index (κ2) is 8.16. The van der Waals surface area contributed by atoms with Gasteiger partial charge in [-0.15, -0.1) is 0 Å². The third-order valence-electron chi connectivity index (χ3n) is 3.15. The van der Waals surface area contributed by atoms with Gasteiger partial charge in [0.2, 0.25) is 5.91 Å². The highest BCUT2D eigenvalue weighted by molar-refractivity contribution is 6.58. The maximum absolute atomic E-state index is 12.3. The summed E-state index contributed by atoms with van der Waals surface area (Å²) < 4.78 is 5.20. The summed E-state index contributed by atoms with van der Waals surface area (Å²) in [7, 11) is 1.67. The Kier molecular flexibility index (Phi) is 6.80. The summed E-state index contributed by atoms with van der Waals surface area (Å²) in [5.41, 5.74) is 0.472. The van der Waals surface area contributed by atoms with E-state index < -0.39 is 24.9 Å². The number of likely N-dealkylation sites (N-methyl/N-ethyl adjacent to an activating group) is 1. The third kappa shape index (κ3) is 6.60. The van der Waals surface area contributed by atoms with Crippen LogP contribution >= 0.6 is 0 Å². The van der Waals surface area contributed by atoms with Gasteiger partial charge in [-0.25, -0.2) is 4.79 Å². The van der Waals surface area contributed by atoms with E-state index in [1.54, 1.807) is 59.1 Å². The minimum absolute atomic E-state index is 0.257. The second-order valence-corrected chi connectivity index (χ2v) is 6.75. The molecule has 0 heterocycles. The van der Waals surface area contributed by atoms with E-state index in [2.05, 4.69) is 5.32 Å². The van der Waals surface area contributed by atoms with Crippen LogP contribution < -0.4 is 10.8 Å². The van der Waals surface area contributed by atoms with E-state index in [0.29, 0.717) is 5.46 Å². The number of nitrogens with zero attached hydrogens (tertiary/aromatic N) is 1. The molecule has 0 spiro atoms. The minimum atomic E-state index is -1.54. The van der Waals surface area contributed by atoms with Crippen LogP contribution in [0, 0.1) is 0 Å². The summed E-state index contributed by atoms with van der Waals surface area (Å²) in [4.78, 5) is 25.7. The topological polar surface area (TPSA) is 99.1 Å². The van der Waals surface area contributed by atoms with Gasteiger partial charge in [-0.1, -0.05) is 24.3 Å². The number of hydrogen-bond acceptors (Lipinski definition) is 5. The first-order valence-corrected chi connectivity index (χ1v) is 7.65. The summed E-state index contributed by atoms with van der Waals surface area (Å²) in [6, 6.07) is 5.71. The van der Waals surface area contributed by atoms with Crippen molar-refractivity contribution in [3.63, 3.8) is 0 Å². The maximum atomic E-state index is 12.3. The smallest absolute Gasteiger partial charge is 0.444 e. The Balaban J connectivity index is 2.86. The number of carbonyl (C=O) groups excluding carboxylic acids is 2. The van der Waals surface area contributed by atoms with Crippen LogP contribution in [-0.4, -0.2) is 59.8 Å². The quantitative estimate of drug-likeness (QED) is 0.652. The van der Waals surface area contributed by atoms with Crippen molar-refractivity contribution in [2.45, 2.75) is 38.8 Å². The molecule has 24 heavy (non-hydrogen) atoms. The van der Waals surface area contributed by atoms with E-state index in [9.17, 15) is 9.59 Å². The molecule has 0 saturated heterocycles. The molecule has 0 aliphatic heterocycles. The fourth-order valence-corrected chi connectivity index (χ4v) is 2.02. The number of rotatable bonds is 5. The molecule has 132 valence electrons. The van der Waals surface area contributed by atoms with Crippen molar-refractivity contribution in [2.75, 3.05) is 14.1 Å². The molecule has 0 saturated carbocycles. The van der Waals surface area contributed by atoms with Crippen LogP contribution in [0.5, 0.6) is 0 Å². The minimum Gasteiger partial charge on any atom is -0.444 e. The molecule has 7 nitrogen and oxygen atoms in total. The van der Waals surface area contributed by atoms with Gasteiger partial charge >= 0.3 is 13.2 Å². The second-order valence-electron chi connectivity index (χ2n) is 6.75. The van der Waals surface area contributed by atoms with Gasteiger partial charge in [0.1, 0.15) is 11.6 Å². The maximum Gasteiger partial charge on any atom is 0.488 e. The fourth-order valence-electron chi connectivity index (χ4n) is 2.02. The Morgan fingerprint density at radius 2 is 1.75 bits per heavy atom. The average molecular weight is 336 g/mol. The Bertz CT molecular complexity index is 567. The van der Waals surface area contributed by atoms with Crippen LogP contribution in [0.1, 0.15) is 26.3 Å². The molecule has 0 aliphatic rings. The molecule has 0 fully saturated rings. The van der Waals surface area contributed by atoms with Gasteiger partial charge in [0.25, 0.3) is 0 Å². The number of carbonyl (C=O) groups is 2. The molecule has 0 unspecified atom stereocenters. The molecule has 2 amide bonds. The van der Waals surface area contributed by atoms with Crippen molar-refractivity contribution in [1.29, 1.82) is 0 Å². The lowest BCUT2D eigenvalue weighted by Crippen LogP contribution is -2.49. The van der Waals surface area contributed by atoms with Crippen LogP contribution in [0.4, 0.5) is 4.79 Å². The molecular weight excluding hydrogens is 311 g/mol. The standard InChI is InChI=1S/C16H25BN2O5/c1-16(2,3)24-15(21)18-13(14(20)19(4)5)10-11-6-8-12(9-7-11)17(22)23/h6-9,13,22-23H,10H2,1-5H3,(H,18,21)/t13-/m0/s1. The number of nitrogens with one attached hydrogen (secondary N) is 1. The van der Waals surface area contributed by atoms with Gasteiger partial charge in [-0.2, -0.15) is 0 Å². The summed E-state index contributed by atoms with van der Waals surface area (Å²) in [6.45, 7) is 5.23. The lowest BCUT2D eigenvalue weighted by Gasteiger charge is -2.25. The van der Waals surface area contributed by atoms with Gasteiger partial charge in [0.05, 0.1) is 0 Å². The van der Waals surface area contributed by atoms with Crippen LogP contribution in [-0.2, 0) is 16.0 Å². The van der Waals surface area contributed by atoms with Gasteiger partial charge in [0, 0.05) is 20.5 Å². The Morgan fingerprint density at radius 1 is 1.21 bits per heavy atom. The highest BCUT2D eigenvalue weighted by Crippen LogP contribution is 2.09. The molecule has 0 radical (unpaired) electrons. The summed E-state index contributed by atoms with van der Waals surface area (Å²) in [5, 5.41) is 20.8. The van der Waals surface area contributed by atoms with E-state index in [1.807, 2.05) is 0 Å². The predicted octanol–water partition coefficient (Wildman–Crippen LogP) is -0.110. The molecule has 0 aliphatic carbocycles. The highest BCUT2D eigenvalue weighted by atomic mass is 16.6. The first-order chi connectivity index (χ1) is 11.0. The number of ether oxygens (including phenoxy) is 1. The van der Waals surface area contributed by atoms with E-state index in [-0.39, 0.29) is 12.3 Å². The summed E-state index contributed by atoms with van der Waals surface area (Å²) >= 11 is 0. The van der Waals surface area contributed by atoms with Crippen molar-refractivity contribution in [2.24, 2.45) is 0 Å². The Hall–Kier alpha value is -2.06. The third-order valence-corrected chi connectivity index (χ3v) is 3.15. The first kappa shape index (κ1) is 20.0. The van der Waals surface area contributed by atoms with Crippen LogP contribution in [0.3, 0.4) is 0 Å². The van der Waals surface area contributed by atoms with Crippen molar-refractivity contribution < 1.29 is 24.4 Å². The Labute approximate surface area is 142 Å². The zero-order valence-corrected chi connectivity index (χ0v) is 14.7. The van der Waals surface area contributed by atoms with Crippen LogP contribution in [0.2, 0.25) is 0 Å². The lowest BCUT2D eigenvalue weighted by molar-refractivity contribution is -0.130. The molecule has 0 aromatic heterocycles. The molecule has 1 aromatic carbocycles. The summed E-state index contributed by atoms with van der Waals surface area (Å²) in [5.74, 6) is -0.257. The zero-order valence-electron chi connectivity index (χ0n) is 14.7. The number of benzene rings is 1. The number of alkyl carbamates (subject to hydrolysis) is 1. The van der Waals surface area contributed by atoms with Crippen molar-refractivity contribution in [1.82, 2.24) is 10.2 Å². The van der Waals surface area contributed by atoms with Gasteiger partial charge in [0.15, 0.2) is 0 Å². The highest BCUT2D eigenvalue weighted by Gasteiger charge is 2.26. The van der Waals surface area contributed by atoms with E-state index >= 15 is 0 Å². The van der Waals surface area contributed by atoms with E-state index in [1.165, 1.54) is 4.90 Å². The zero-order chi connectivity index (χ0) is 18.5. The van der Waals surface area contributed by atoms with Crippen LogP contribution in [0.25, 0.3) is 0 Å². The SMILES string of the molecule is CN(C)C(=O)[C@H](Cc1ccc(B(O)O)cc1)NC(=O)OC(C)(C)C. The molecule has 0 bridgehead atoms. The molecule has 3 N–H and O–H groups in total. The van der Waals surface area contributed by atoms with E-state index in [4.69, 9.17) is 14.8 Å².